The van der Waals surface area contributed by atoms with E-state index in [1.807, 2.05) is 0 Å². The first-order valence-electron chi connectivity index (χ1n) is 5.91. The van der Waals surface area contributed by atoms with Gasteiger partial charge in [0, 0.05) is 6.04 Å². The molecule has 2 aromatic rings. The molecule has 2 heteroatoms. The first-order valence-corrected chi connectivity index (χ1v) is 6.86. The monoisotopic (exact) mass is 245 g/mol. The average Bonchev–Trinajstić information content (AvgIpc) is 2.62. The molecule has 0 aliphatic heterocycles. The maximum Gasteiger partial charge on any atom is 0.0346 e. The van der Waals surface area contributed by atoms with E-state index in [0.717, 1.165) is 6.42 Å². The molecular weight excluding hydrogens is 226 g/mol. The van der Waals surface area contributed by atoms with Gasteiger partial charge < -0.3 is 5.73 Å². The molecule has 90 valence electrons. The molecule has 1 nitrogen and oxygen atoms in total. The van der Waals surface area contributed by atoms with E-state index in [4.69, 9.17) is 5.73 Å². The Labute approximate surface area is 107 Å². The second-order valence-electron chi connectivity index (χ2n) is 4.82. The summed E-state index contributed by atoms with van der Waals surface area (Å²) in [4.78, 5) is 0. The van der Waals surface area contributed by atoms with Crippen molar-refractivity contribution < 1.29 is 0 Å². The van der Waals surface area contributed by atoms with Gasteiger partial charge in [-0.1, -0.05) is 29.3 Å². The van der Waals surface area contributed by atoms with Gasteiger partial charge in [-0.05, 0) is 54.6 Å². The van der Waals surface area contributed by atoms with Crippen LogP contribution in [0.25, 0.3) is 0 Å². The lowest BCUT2D eigenvalue weighted by atomic mass is 9.97. The van der Waals surface area contributed by atoms with Crippen molar-refractivity contribution in [3.05, 3.63) is 56.8 Å². The highest BCUT2D eigenvalue weighted by atomic mass is 32.1. The zero-order valence-electron chi connectivity index (χ0n) is 10.7. The van der Waals surface area contributed by atoms with Crippen molar-refractivity contribution in [1.82, 2.24) is 0 Å². The fourth-order valence-corrected chi connectivity index (χ4v) is 3.22. The van der Waals surface area contributed by atoms with Gasteiger partial charge in [0.25, 0.3) is 0 Å². The van der Waals surface area contributed by atoms with Gasteiger partial charge in [-0.25, -0.2) is 0 Å². The van der Waals surface area contributed by atoms with Crippen LogP contribution in [-0.2, 0) is 6.42 Å². The summed E-state index contributed by atoms with van der Waals surface area (Å²) in [6.07, 6.45) is 0.917. The van der Waals surface area contributed by atoms with Gasteiger partial charge >= 0.3 is 0 Å². The van der Waals surface area contributed by atoms with Gasteiger partial charge in [0.1, 0.15) is 0 Å². The molecule has 0 aliphatic carbocycles. The minimum absolute atomic E-state index is 0.113. The number of thiophene rings is 1. The number of benzene rings is 1. The Kier molecular flexibility index (Phi) is 3.65. The Morgan fingerprint density at radius 2 is 1.71 bits per heavy atom. The van der Waals surface area contributed by atoms with Gasteiger partial charge in [0.15, 0.2) is 0 Å². The lowest BCUT2D eigenvalue weighted by Gasteiger charge is -2.13. The summed E-state index contributed by atoms with van der Waals surface area (Å²) in [5.41, 5.74) is 12.8. The molecule has 0 spiro atoms. The Morgan fingerprint density at radius 1 is 1.06 bits per heavy atom. The minimum Gasteiger partial charge on any atom is -0.324 e. The number of hydrogen-bond donors (Lipinski definition) is 1. The van der Waals surface area contributed by atoms with E-state index < -0.39 is 0 Å². The number of rotatable bonds is 3. The van der Waals surface area contributed by atoms with Crippen LogP contribution < -0.4 is 5.73 Å². The Bertz CT molecular complexity index is 493. The van der Waals surface area contributed by atoms with E-state index in [0.29, 0.717) is 0 Å². The highest BCUT2D eigenvalue weighted by Crippen LogP contribution is 2.23. The van der Waals surface area contributed by atoms with Crippen LogP contribution in [0.15, 0.2) is 29.0 Å². The molecule has 2 rings (SSSR count). The van der Waals surface area contributed by atoms with Crippen molar-refractivity contribution in [3.8, 4) is 0 Å². The summed E-state index contributed by atoms with van der Waals surface area (Å²) in [6, 6.07) is 6.77. The third-order valence-corrected chi connectivity index (χ3v) is 3.91. The van der Waals surface area contributed by atoms with E-state index in [1.165, 1.54) is 27.8 Å². The van der Waals surface area contributed by atoms with Crippen molar-refractivity contribution in [2.45, 2.75) is 33.2 Å². The summed E-state index contributed by atoms with van der Waals surface area (Å²) in [5, 5.41) is 4.33. The maximum atomic E-state index is 6.28. The van der Waals surface area contributed by atoms with Crippen LogP contribution in [0.2, 0.25) is 0 Å². The van der Waals surface area contributed by atoms with Gasteiger partial charge in [-0.3, -0.25) is 0 Å². The molecule has 1 atom stereocenters. The minimum atomic E-state index is 0.113. The molecule has 2 N–H and O–H groups in total. The molecule has 0 aliphatic rings. The SMILES string of the molecule is Cc1cc(C)cc(CC(N)c2cscc2C)c1. The lowest BCUT2D eigenvalue weighted by molar-refractivity contribution is 0.719. The van der Waals surface area contributed by atoms with Crippen molar-refractivity contribution in [3.63, 3.8) is 0 Å². The largest absolute Gasteiger partial charge is 0.324 e. The highest BCUT2D eigenvalue weighted by molar-refractivity contribution is 7.08. The highest BCUT2D eigenvalue weighted by Gasteiger charge is 2.10. The molecule has 17 heavy (non-hydrogen) atoms. The van der Waals surface area contributed by atoms with Gasteiger partial charge in [0.05, 0.1) is 0 Å². The Morgan fingerprint density at radius 3 is 2.24 bits per heavy atom. The second kappa shape index (κ2) is 5.03. The quantitative estimate of drug-likeness (QED) is 0.871. The summed E-state index contributed by atoms with van der Waals surface area (Å²) in [5.74, 6) is 0. The van der Waals surface area contributed by atoms with Crippen LogP contribution in [0.1, 0.15) is 33.9 Å². The Hall–Kier alpha value is -1.12. The molecule has 1 heterocycles. The van der Waals surface area contributed by atoms with Crippen molar-refractivity contribution in [2.24, 2.45) is 5.73 Å². The number of nitrogens with two attached hydrogens (primary N) is 1. The molecule has 1 aromatic carbocycles. The van der Waals surface area contributed by atoms with Crippen molar-refractivity contribution >= 4 is 11.3 Å². The average molecular weight is 245 g/mol. The zero-order valence-corrected chi connectivity index (χ0v) is 11.5. The fourth-order valence-electron chi connectivity index (χ4n) is 2.30. The van der Waals surface area contributed by atoms with E-state index in [-0.39, 0.29) is 6.04 Å². The van der Waals surface area contributed by atoms with Crippen molar-refractivity contribution in [2.75, 3.05) is 0 Å². The molecule has 0 saturated carbocycles. The van der Waals surface area contributed by atoms with Crippen LogP contribution in [0, 0.1) is 20.8 Å². The van der Waals surface area contributed by atoms with E-state index in [9.17, 15) is 0 Å². The van der Waals surface area contributed by atoms with Gasteiger partial charge in [-0.15, -0.1) is 0 Å². The molecular formula is C15H19NS. The molecule has 1 unspecified atom stereocenters. The Balaban J connectivity index is 2.18. The normalized spacial score (nSPS) is 12.7. The van der Waals surface area contributed by atoms with E-state index >= 15 is 0 Å². The van der Waals surface area contributed by atoms with Gasteiger partial charge in [-0.2, -0.15) is 11.3 Å². The second-order valence-corrected chi connectivity index (χ2v) is 5.56. The standard InChI is InChI=1S/C15H19NS/c1-10-4-11(2)6-13(5-10)7-15(16)14-9-17-8-12(14)3/h4-6,8-9,15H,7,16H2,1-3H3. The number of hydrogen-bond acceptors (Lipinski definition) is 2. The molecule has 0 bridgehead atoms. The summed E-state index contributed by atoms with van der Waals surface area (Å²) < 4.78 is 0. The smallest absolute Gasteiger partial charge is 0.0346 e. The topological polar surface area (TPSA) is 26.0 Å². The third-order valence-electron chi connectivity index (χ3n) is 3.03. The van der Waals surface area contributed by atoms with Crippen LogP contribution in [0.5, 0.6) is 0 Å². The van der Waals surface area contributed by atoms with Crippen LogP contribution in [0.4, 0.5) is 0 Å². The molecule has 1 aromatic heterocycles. The predicted molar refractivity (Wildman–Crippen MR) is 75.6 cm³/mol. The molecule has 0 amide bonds. The summed E-state index contributed by atoms with van der Waals surface area (Å²) in [6.45, 7) is 6.41. The first-order chi connectivity index (χ1) is 8.06. The van der Waals surface area contributed by atoms with Gasteiger partial charge in [0.2, 0.25) is 0 Å². The fraction of sp³-hybridized carbons (Fsp3) is 0.333. The zero-order chi connectivity index (χ0) is 12.4. The molecule has 0 radical (unpaired) electrons. The molecule has 0 saturated heterocycles. The first kappa shape index (κ1) is 12.3. The summed E-state index contributed by atoms with van der Waals surface area (Å²) in [7, 11) is 0. The van der Waals surface area contributed by atoms with E-state index in [1.54, 1.807) is 11.3 Å². The number of aryl methyl sites for hydroxylation is 3. The lowest BCUT2D eigenvalue weighted by Crippen LogP contribution is -2.13. The predicted octanol–water partition coefficient (Wildman–Crippen LogP) is 3.92. The third kappa shape index (κ3) is 2.96. The van der Waals surface area contributed by atoms with Crippen LogP contribution >= 0.6 is 11.3 Å². The van der Waals surface area contributed by atoms with Crippen LogP contribution in [0.3, 0.4) is 0 Å². The van der Waals surface area contributed by atoms with Crippen molar-refractivity contribution in [1.29, 1.82) is 0 Å². The molecule has 0 fully saturated rings. The summed E-state index contributed by atoms with van der Waals surface area (Å²) >= 11 is 1.73. The maximum absolute atomic E-state index is 6.28. The van der Waals surface area contributed by atoms with E-state index in [2.05, 4.69) is 49.7 Å². The van der Waals surface area contributed by atoms with Crippen LogP contribution in [-0.4, -0.2) is 0 Å².